The van der Waals surface area contributed by atoms with E-state index in [1.807, 2.05) is 0 Å². The third-order valence-electron chi connectivity index (χ3n) is 0. The minimum Gasteiger partial charge on any atom is -0.871 e. The van der Waals surface area contributed by atoms with E-state index in [4.69, 9.17) is 34.3 Å². The van der Waals surface area contributed by atoms with Crippen LogP contribution in [0, 0.1) is 0 Å². The summed E-state index contributed by atoms with van der Waals surface area (Å²) in [5.74, 6) is 0. The van der Waals surface area contributed by atoms with E-state index < -0.39 is 16.4 Å². The fraction of sp³-hybridized carbons (Fsp3) is 0. The molecule has 11 heteroatoms. The van der Waals surface area contributed by atoms with Crippen molar-refractivity contribution in [3.8, 4) is 0 Å². The van der Waals surface area contributed by atoms with Gasteiger partial charge in [-0.05, 0) is 0 Å². The summed E-state index contributed by atoms with van der Waals surface area (Å²) in [5, 5.41) is 24.0. The van der Waals surface area contributed by atoms with Crippen LogP contribution in [0.1, 0.15) is 0 Å². The molecule has 0 aromatic rings. The monoisotopic (exact) mass is 202 g/mol. The van der Waals surface area contributed by atoms with Gasteiger partial charge in [-0.25, -0.2) is 0 Å². The third-order valence-corrected chi connectivity index (χ3v) is 0. The van der Waals surface area contributed by atoms with E-state index >= 15 is 0 Å². The van der Waals surface area contributed by atoms with Crippen molar-refractivity contribution in [2.45, 2.75) is 0 Å². The van der Waals surface area contributed by atoms with Crippen LogP contribution in [0.25, 0.3) is 0 Å². The molecule has 0 aliphatic carbocycles. The summed E-state index contributed by atoms with van der Waals surface area (Å²) in [4.78, 5) is 29.3. The molecular weight excluding hydrogens is 197 g/mol. The number of hydrogen-bond acceptors (Lipinski definition) is 7. The number of hydrogen-bond donors (Lipinski definition) is 5. The van der Waals surface area contributed by atoms with Gasteiger partial charge in [-0.2, -0.15) is 0 Å². The van der Waals surface area contributed by atoms with Gasteiger partial charge in [0, 0.05) is 0 Å². The maximum atomic E-state index is 8.53. The van der Waals surface area contributed by atoms with Crippen molar-refractivity contribution in [1.82, 2.24) is 0 Å². The molecular formula is H5BNa2O7Si. The molecule has 0 bridgehead atoms. The van der Waals surface area contributed by atoms with Gasteiger partial charge >= 0.3 is 68.2 Å². The summed E-state index contributed by atoms with van der Waals surface area (Å²) in [7, 11) is -7.28. The van der Waals surface area contributed by atoms with Crippen LogP contribution in [0.2, 0.25) is 0 Å². The quantitative estimate of drug-likeness (QED) is 0.245. The second-order valence-corrected chi connectivity index (χ2v) is 2.11. The van der Waals surface area contributed by atoms with Gasteiger partial charge in [0.15, 0.2) is 0 Å². The van der Waals surface area contributed by atoms with Crippen LogP contribution in [0.4, 0.5) is 0 Å². The summed E-state index contributed by atoms with van der Waals surface area (Å²) in [6.45, 7) is 0. The Labute approximate surface area is 109 Å². The Morgan fingerprint density at radius 1 is 0.909 bits per heavy atom. The summed E-state index contributed by atoms with van der Waals surface area (Å²) >= 11 is 0. The second kappa shape index (κ2) is 12.0. The van der Waals surface area contributed by atoms with Crippen molar-refractivity contribution in [1.29, 1.82) is 0 Å². The normalized spacial score (nSPS) is 7.91. The van der Waals surface area contributed by atoms with E-state index in [0.29, 0.717) is 0 Å². The zero-order chi connectivity index (χ0) is 8.08. The molecule has 56 valence electrons. The van der Waals surface area contributed by atoms with Crippen molar-refractivity contribution in [2.24, 2.45) is 0 Å². The molecule has 0 atom stereocenters. The van der Waals surface area contributed by atoms with E-state index in [0.717, 1.165) is 0 Å². The van der Waals surface area contributed by atoms with Gasteiger partial charge in [0.2, 0.25) is 0 Å². The Morgan fingerprint density at radius 3 is 0.909 bits per heavy atom. The molecule has 0 aromatic carbocycles. The number of rotatable bonds is 0. The molecule has 0 aromatic heterocycles. The van der Waals surface area contributed by atoms with Crippen LogP contribution in [0.5, 0.6) is 0 Å². The first kappa shape index (κ1) is 23.1. The van der Waals surface area contributed by atoms with Gasteiger partial charge in [-0.3, -0.25) is 0 Å². The Balaban J connectivity index is -0.0000000383. The first-order valence-corrected chi connectivity index (χ1v) is 3.41. The predicted octanol–water partition coefficient (Wildman–Crippen LogP) is -11.9. The zero-order valence-corrected chi connectivity index (χ0v) is 11.1. The van der Waals surface area contributed by atoms with Crippen LogP contribution in [-0.2, 0) is 0 Å². The van der Waals surface area contributed by atoms with Crippen molar-refractivity contribution < 1.29 is 93.4 Å². The fourth-order valence-electron chi connectivity index (χ4n) is 0. The van der Waals surface area contributed by atoms with Crippen LogP contribution in [0.15, 0.2) is 0 Å². The van der Waals surface area contributed by atoms with Gasteiger partial charge in [0.1, 0.15) is 0 Å². The Morgan fingerprint density at radius 2 is 0.909 bits per heavy atom. The molecule has 0 spiro atoms. The summed E-state index contributed by atoms with van der Waals surface area (Å²) in [6.07, 6.45) is 0. The topological polar surface area (TPSA) is 147 Å². The van der Waals surface area contributed by atoms with Crippen molar-refractivity contribution in [2.75, 3.05) is 0 Å². The third kappa shape index (κ3) is 300. The zero-order valence-electron chi connectivity index (χ0n) is 6.13. The van der Waals surface area contributed by atoms with Crippen LogP contribution in [-0.4, -0.2) is 40.6 Å². The second-order valence-electron chi connectivity index (χ2n) is 0.907. The largest absolute Gasteiger partial charge is 1.00 e. The molecule has 11 heavy (non-hydrogen) atoms. The van der Waals surface area contributed by atoms with Gasteiger partial charge in [-0.15, -0.1) is 0 Å². The minimum atomic E-state index is -4.61. The summed E-state index contributed by atoms with van der Waals surface area (Å²) in [5.41, 5.74) is 0. The first-order chi connectivity index (χ1) is 3.73. The fourth-order valence-corrected chi connectivity index (χ4v) is 0. The molecule has 0 saturated carbocycles. The molecule has 0 radical (unpaired) electrons. The predicted molar refractivity (Wildman–Crippen MR) is 22.6 cm³/mol. The molecule has 0 saturated heterocycles. The van der Waals surface area contributed by atoms with Gasteiger partial charge in [0.05, 0.1) is 7.32 Å². The molecule has 0 unspecified atom stereocenters. The first-order valence-electron chi connectivity index (χ1n) is 1.62. The van der Waals surface area contributed by atoms with Gasteiger partial charge < -0.3 is 34.3 Å². The van der Waals surface area contributed by atoms with Crippen molar-refractivity contribution >= 4 is 16.4 Å². The van der Waals surface area contributed by atoms with Gasteiger partial charge in [0.25, 0.3) is 0 Å². The smallest absolute Gasteiger partial charge is 0.871 e. The van der Waals surface area contributed by atoms with E-state index in [1.54, 1.807) is 0 Å². The molecule has 0 aliphatic heterocycles. The van der Waals surface area contributed by atoms with Crippen molar-refractivity contribution in [3.05, 3.63) is 0 Å². The van der Waals surface area contributed by atoms with E-state index in [9.17, 15) is 0 Å². The molecule has 0 amide bonds. The average Bonchev–Trinajstić information content (AvgIpc) is 1.19. The van der Waals surface area contributed by atoms with Crippen molar-refractivity contribution in [3.63, 3.8) is 0 Å². The molecule has 0 rings (SSSR count). The van der Waals surface area contributed by atoms with E-state index in [-0.39, 0.29) is 59.1 Å². The molecule has 0 aliphatic rings. The summed E-state index contributed by atoms with van der Waals surface area (Å²) in [6, 6.07) is 0. The van der Waals surface area contributed by atoms with Crippen LogP contribution < -0.4 is 69.2 Å². The molecule has 0 fully saturated rings. The van der Waals surface area contributed by atoms with Gasteiger partial charge in [-0.1, -0.05) is 0 Å². The maximum Gasteiger partial charge on any atom is 1.00 e. The maximum absolute atomic E-state index is 8.53. The van der Waals surface area contributed by atoms with Crippen LogP contribution >= 0.6 is 0 Å². The molecule has 5 N–H and O–H groups in total. The van der Waals surface area contributed by atoms with E-state index in [1.165, 1.54) is 0 Å². The Hall–Kier alpha value is 2.00. The molecule has 0 heterocycles. The molecule has 7 nitrogen and oxygen atoms in total. The SMILES string of the molecule is O[Si](O)(O)O.[Na+].[Na+].[O-]B([O-])O. The van der Waals surface area contributed by atoms with Crippen LogP contribution in [0.3, 0.4) is 0 Å². The van der Waals surface area contributed by atoms with E-state index in [2.05, 4.69) is 0 Å². The minimum absolute atomic E-state index is 0. The average molecular weight is 202 g/mol. The Kier molecular flexibility index (Phi) is 25.2. The standard InChI is InChI=1S/BHO3.2Na.H4O4Si/c2-1(3)4;;;1-5(2,3)4/h2H;;;1-4H/q-2;2*+1;. The summed E-state index contributed by atoms with van der Waals surface area (Å²) < 4.78 is 0. The Bertz CT molecular complexity index is 53.2.